The number of hydrogen-bond donors (Lipinski definition) is 1. The van der Waals surface area contributed by atoms with Crippen LogP contribution in [0.5, 0.6) is 0 Å². The van der Waals surface area contributed by atoms with Crippen LogP contribution in [0.3, 0.4) is 0 Å². The molecular formula is C12H16N2OS2. The van der Waals surface area contributed by atoms with E-state index in [0.717, 1.165) is 24.5 Å². The van der Waals surface area contributed by atoms with Crippen LogP contribution in [0, 0.1) is 0 Å². The summed E-state index contributed by atoms with van der Waals surface area (Å²) in [6.45, 7) is 4.21. The Hall–Kier alpha value is -0.650. The molecule has 5 heteroatoms. The maximum Gasteiger partial charge on any atom is 0.240 e. The van der Waals surface area contributed by atoms with Crippen molar-refractivity contribution in [3.63, 3.8) is 0 Å². The minimum Gasteiger partial charge on any atom is -0.310 e. The fraction of sp³-hybridized carbons (Fsp3) is 0.417. The van der Waals surface area contributed by atoms with E-state index in [-0.39, 0.29) is 5.91 Å². The average molecular weight is 268 g/mol. The van der Waals surface area contributed by atoms with E-state index in [0.29, 0.717) is 6.54 Å². The van der Waals surface area contributed by atoms with Crippen molar-refractivity contribution in [1.29, 1.82) is 0 Å². The van der Waals surface area contributed by atoms with Gasteiger partial charge in [-0.2, -0.15) is 0 Å². The third-order valence-electron chi connectivity index (χ3n) is 2.49. The van der Waals surface area contributed by atoms with Crippen LogP contribution >= 0.6 is 21.6 Å². The number of nitrogens with zero attached hydrogens (tertiary/aromatic N) is 1. The van der Waals surface area contributed by atoms with Crippen molar-refractivity contribution in [1.82, 2.24) is 5.32 Å². The number of amides is 1. The van der Waals surface area contributed by atoms with Gasteiger partial charge in [0.15, 0.2) is 0 Å². The summed E-state index contributed by atoms with van der Waals surface area (Å²) in [5, 5.41) is 3.08. The number of hydrogen-bond acceptors (Lipinski definition) is 4. The molecule has 1 fully saturated rings. The zero-order valence-corrected chi connectivity index (χ0v) is 11.4. The number of piperazine rings is 1. The fourth-order valence-corrected chi connectivity index (χ4v) is 3.34. The summed E-state index contributed by atoms with van der Waals surface area (Å²) in [6.07, 6.45) is 0. The maximum absolute atomic E-state index is 11.8. The molecule has 1 aliphatic rings. The van der Waals surface area contributed by atoms with Crippen molar-refractivity contribution in [2.24, 2.45) is 0 Å². The molecule has 92 valence electrons. The van der Waals surface area contributed by atoms with E-state index < -0.39 is 0 Å². The Bertz CT molecular complexity index is 398. The molecule has 0 aliphatic carbocycles. The monoisotopic (exact) mass is 268 g/mol. The summed E-state index contributed by atoms with van der Waals surface area (Å²) < 4.78 is 0. The van der Waals surface area contributed by atoms with Gasteiger partial charge < -0.3 is 10.2 Å². The number of rotatable bonds is 4. The van der Waals surface area contributed by atoms with Crippen LogP contribution in [-0.4, -0.2) is 31.3 Å². The molecule has 0 radical (unpaired) electrons. The molecule has 1 saturated heterocycles. The van der Waals surface area contributed by atoms with Crippen molar-refractivity contribution in [2.75, 3.05) is 30.3 Å². The highest BCUT2D eigenvalue weighted by Crippen LogP contribution is 2.32. The van der Waals surface area contributed by atoms with E-state index in [1.54, 1.807) is 10.8 Å². The van der Waals surface area contributed by atoms with Gasteiger partial charge >= 0.3 is 0 Å². The standard InChI is InChI=1S/C12H16N2OS2/c1-2-16-17-11-5-3-4-10(8-11)14-7-6-13-9-12(14)15/h3-5,8,13H,2,6-7,9H2,1H3. The Balaban J connectivity index is 2.11. The van der Waals surface area contributed by atoms with Gasteiger partial charge in [0.05, 0.1) is 6.54 Å². The van der Waals surface area contributed by atoms with Crippen LogP contribution in [-0.2, 0) is 4.79 Å². The van der Waals surface area contributed by atoms with Crippen LogP contribution in [0.25, 0.3) is 0 Å². The summed E-state index contributed by atoms with van der Waals surface area (Å²) in [5.74, 6) is 1.24. The molecule has 1 aromatic carbocycles. The van der Waals surface area contributed by atoms with Gasteiger partial charge in [-0.3, -0.25) is 4.79 Å². The van der Waals surface area contributed by atoms with Gasteiger partial charge in [-0.15, -0.1) is 0 Å². The third-order valence-corrected chi connectivity index (χ3v) is 4.93. The molecule has 1 heterocycles. The molecule has 2 rings (SSSR count). The molecule has 0 unspecified atom stereocenters. The topological polar surface area (TPSA) is 32.3 Å². The summed E-state index contributed by atoms with van der Waals surface area (Å²) in [6, 6.07) is 8.20. The molecule has 0 spiro atoms. The number of carbonyl (C=O) groups is 1. The van der Waals surface area contributed by atoms with E-state index in [1.165, 1.54) is 4.90 Å². The van der Waals surface area contributed by atoms with Crippen LogP contribution in [0.15, 0.2) is 29.2 Å². The molecule has 1 aromatic rings. The molecule has 3 nitrogen and oxygen atoms in total. The van der Waals surface area contributed by atoms with Crippen molar-refractivity contribution in [3.8, 4) is 0 Å². The van der Waals surface area contributed by atoms with E-state index in [9.17, 15) is 4.79 Å². The predicted molar refractivity (Wildman–Crippen MR) is 75.7 cm³/mol. The predicted octanol–water partition coefficient (Wildman–Crippen LogP) is 2.38. The molecule has 17 heavy (non-hydrogen) atoms. The number of anilines is 1. The number of carbonyl (C=O) groups excluding carboxylic acids is 1. The molecule has 0 aromatic heterocycles. The van der Waals surface area contributed by atoms with Crippen molar-refractivity contribution < 1.29 is 4.79 Å². The lowest BCUT2D eigenvalue weighted by Gasteiger charge is -2.27. The quantitative estimate of drug-likeness (QED) is 0.850. The van der Waals surface area contributed by atoms with Crippen LogP contribution in [0.4, 0.5) is 5.69 Å². The zero-order valence-electron chi connectivity index (χ0n) is 9.81. The minimum absolute atomic E-state index is 0.154. The maximum atomic E-state index is 11.8. The Morgan fingerprint density at radius 1 is 1.47 bits per heavy atom. The second-order valence-corrected chi connectivity index (χ2v) is 6.37. The second-order valence-electron chi connectivity index (χ2n) is 3.71. The highest BCUT2D eigenvalue weighted by Gasteiger charge is 2.19. The normalized spacial score (nSPS) is 16.3. The van der Waals surface area contributed by atoms with Crippen LogP contribution in [0.1, 0.15) is 6.92 Å². The SMILES string of the molecule is CCSSc1cccc(N2CCNCC2=O)c1. The van der Waals surface area contributed by atoms with Crippen LogP contribution < -0.4 is 10.2 Å². The lowest BCUT2D eigenvalue weighted by atomic mass is 10.2. The largest absolute Gasteiger partial charge is 0.310 e. The molecule has 0 bridgehead atoms. The van der Waals surface area contributed by atoms with Gasteiger partial charge in [0.2, 0.25) is 5.91 Å². The van der Waals surface area contributed by atoms with Gasteiger partial charge in [-0.25, -0.2) is 0 Å². The van der Waals surface area contributed by atoms with Gasteiger partial charge in [0, 0.05) is 29.4 Å². The van der Waals surface area contributed by atoms with Gasteiger partial charge in [-0.1, -0.05) is 34.6 Å². The summed E-state index contributed by atoms with van der Waals surface area (Å²) >= 11 is 0. The Kier molecular flexibility index (Phi) is 4.76. The highest BCUT2D eigenvalue weighted by molar-refractivity contribution is 8.76. The summed E-state index contributed by atoms with van der Waals surface area (Å²) in [4.78, 5) is 14.8. The lowest BCUT2D eigenvalue weighted by Crippen LogP contribution is -2.48. The lowest BCUT2D eigenvalue weighted by molar-refractivity contribution is -0.118. The molecule has 1 aliphatic heterocycles. The average Bonchev–Trinajstić information content (AvgIpc) is 2.37. The van der Waals surface area contributed by atoms with Crippen molar-refractivity contribution in [3.05, 3.63) is 24.3 Å². The second kappa shape index (κ2) is 6.33. The molecule has 0 saturated carbocycles. The van der Waals surface area contributed by atoms with E-state index >= 15 is 0 Å². The fourth-order valence-electron chi connectivity index (χ4n) is 1.71. The first-order valence-electron chi connectivity index (χ1n) is 5.72. The molecule has 1 amide bonds. The van der Waals surface area contributed by atoms with Gasteiger partial charge in [0.1, 0.15) is 0 Å². The zero-order chi connectivity index (χ0) is 12.1. The molecular weight excluding hydrogens is 252 g/mol. The minimum atomic E-state index is 0.154. The van der Waals surface area contributed by atoms with Crippen molar-refractivity contribution >= 4 is 33.2 Å². The molecule has 1 N–H and O–H groups in total. The molecule has 0 atom stereocenters. The van der Waals surface area contributed by atoms with E-state index in [1.807, 2.05) is 27.8 Å². The Morgan fingerprint density at radius 2 is 2.35 bits per heavy atom. The van der Waals surface area contributed by atoms with Crippen molar-refractivity contribution in [2.45, 2.75) is 11.8 Å². The van der Waals surface area contributed by atoms with E-state index in [4.69, 9.17) is 0 Å². The van der Waals surface area contributed by atoms with Gasteiger partial charge in [-0.05, 0) is 18.2 Å². The van der Waals surface area contributed by atoms with E-state index in [2.05, 4.69) is 24.4 Å². The first-order chi connectivity index (χ1) is 8.31. The Morgan fingerprint density at radius 3 is 3.12 bits per heavy atom. The number of benzene rings is 1. The highest BCUT2D eigenvalue weighted by atomic mass is 33.1. The first kappa shape index (κ1) is 12.8. The summed E-state index contributed by atoms with van der Waals surface area (Å²) in [5.41, 5.74) is 1.01. The number of nitrogens with one attached hydrogen (secondary N) is 1. The smallest absolute Gasteiger partial charge is 0.240 e. The van der Waals surface area contributed by atoms with Crippen LogP contribution in [0.2, 0.25) is 0 Å². The Labute approximate surface area is 110 Å². The third kappa shape index (κ3) is 3.40. The van der Waals surface area contributed by atoms with Gasteiger partial charge in [0.25, 0.3) is 0 Å². The summed E-state index contributed by atoms with van der Waals surface area (Å²) in [7, 11) is 3.58. The first-order valence-corrected chi connectivity index (χ1v) is 8.04.